The maximum atomic E-state index is 13.9. The molecule has 0 aliphatic carbocycles. The summed E-state index contributed by atoms with van der Waals surface area (Å²) in [6, 6.07) is 0. The molecule has 0 aromatic rings. The zero-order valence-electron chi connectivity index (χ0n) is 16.5. The molecule has 0 saturated carbocycles. The summed E-state index contributed by atoms with van der Waals surface area (Å²) in [5.74, 6) is -4.37. The number of alkyl carbamates (subject to hydrolysis) is 1. The van der Waals surface area contributed by atoms with Gasteiger partial charge in [-0.3, -0.25) is 4.79 Å². The smallest absolute Gasteiger partial charge is 0.407 e. The van der Waals surface area contributed by atoms with E-state index in [2.05, 4.69) is 10.1 Å². The first kappa shape index (κ1) is 26.5. The number of amides is 1. The first-order chi connectivity index (χ1) is 12.4. The summed E-state index contributed by atoms with van der Waals surface area (Å²) in [5.41, 5.74) is -0.696. The Hall–Kier alpha value is -1.50. The van der Waals surface area contributed by atoms with Gasteiger partial charge in [0, 0.05) is 18.9 Å². The Labute approximate surface area is 164 Å². The fourth-order valence-electron chi connectivity index (χ4n) is 1.78. The summed E-state index contributed by atoms with van der Waals surface area (Å²) >= 11 is 0. The number of sulfone groups is 2. The van der Waals surface area contributed by atoms with Gasteiger partial charge in [0.05, 0.1) is 12.0 Å². The normalized spacial score (nSPS) is 13.3. The van der Waals surface area contributed by atoms with Gasteiger partial charge in [-0.1, -0.05) is 6.92 Å². The maximum absolute atomic E-state index is 13.9. The number of hydrogen-bond donors (Lipinski definition) is 1. The molecule has 0 unspecified atom stereocenters. The predicted octanol–water partition coefficient (Wildman–Crippen LogP) is 1.13. The van der Waals surface area contributed by atoms with Crippen molar-refractivity contribution in [3.8, 4) is 0 Å². The lowest BCUT2D eigenvalue weighted by Gasteiger charge is -2.21. The Morgan fingerprint density at radius 3 is 1.96 bits per heavy atom. The highest BCUT2D eigenvalue weighted by atomic mass is 32.3. The first-order valence-electron chi connectivity index (χ1n) is 8.26. The first-order valence-corrected chi connectivity index (χ1v) is 12.2. The van der Waals surface area contributed by atoms with Crippen LogP contribution in [-0.2, 0) is 33.9 Å². The number of hydrogen-bond acceptors (Lipinski definition) is 8. The van der Waals surface area contributed by atoms with Gasteiger partial charge >= 0.3 is 12.1 Å². The molecule has 13 heteroatoms. The van der Waals surface area contributed by atoms with Crippen LogP contribution in [0.25, 0.3) is 0 Å². The van der Waals surface area contributed by atoms with Crippen LogP contribution in [0.3, 0.4) is 0 Å². The number of rotatable bonds is 11. The largest absolute Gasteiger partial charge is 0.463 e. The fraction of sp³-hybridized carbons (Fsp3) is 0.867. The zero-order valence-corrected chi connectivity index (χ0v) is 18.1. The van der Waals surface area contributed by atoms with E-state index in [1.54, 1.807) is 20.8 Å². The van der Waals surface area contributed by atoms with Gasteiger partial charge in [-0.15, -0.1) is 0 Å². The van der Waals surface area contributed by atoms with E-state index in [0.717, 1.165) is 0 Å². The number of halogens is 2. The van der Waals surface area contributed by atoms with E-state index in [1.165, 1.54) is 0 Å². The van der Waals surface area contributed by atoms with Crippen molar-refractivity contribution in [2.45, 2.75) is 44.1 Å². The lowest BCUT2D eigenvalue weighted by molar-refractivity contribution is -0.153. The molecule has 0 aromatic heterocycles. The molecular formula is C15H27F2NO8S2. The molecule has 0 rings (SSSR count). The highest BCUT2D eigenvalue weighted by molar-refractivity contribution is 8.08. The SMILES string of the molecule is CCC(C)(C)C(=O)OCCNC(=O)OCC(F)(F)CC(S(C)(=O)=O)S(C)(=O)=O. The van der Waals surface area contributed by atoms with Crippen molar-refractivity contribution in [3.63, 3.8) is 0 Å². The molecule has 0 saturated heterocycles. The number of nitrogens with one attached hydrogen (secondary N) is 1. The van der Waals surface area contributed by atoms with Crippen molar-refractivity contribution in [1.29, 1.82) is 0 Å². The van der Waals surface area contributed by atoms with E-state index in [0.29, 0.717) is 18.9 Å². The lowest BCUT2D eigenvalue weighted by Crippen LogP contribution is -2.39. The van der Waals surface area contributed by atoms with Crippen LogP contribution in [0.2, 0.25) is 0 Å². The van der Waals surface area contributed by atoms with Crippen LogP contribution in [0.15, 0.2) is 0 Å². The molecule has 0 spiro atoms. The van der Waals surface area contributed by atoms with Gasteiger partial charge in [-0.05, 0) is 20.3 Å². The highest BCUT2D eigenvalue weighted by Crippen LogP contribution is 2.26. The van der Waals surface area contributed by atoms with Crippen molar-refractivity contribution in [1.82, 2.24) is 5.32 Å². The van der Waals surface area contributed by atoms with Gasteiger partial charge in [0.25, 0.3) is 5.92 Å². The summed E-state index contributed by atoms with van der Waals surface area (Å²) in [5, 5.41) is 2.09. The van der Waals surface area contributed by atoms with Crippen LogP contribution in [0, 0.1) is 5.41 Å². The number of carbonyl (C=O) groups excluding carboxylic acids is 2. The van der Waals surface area contributed by atoms with Crippen LogP contribution >= 0.6 is 0 Å². The number of ether oxygens (including phenoxy) is 2. The van der Waals surface area contributed by atoms with E-state index in [9.17, 15) is 35.2 Å². The number of alkyl halides is 2. The molecule has 28 heavy (non-hydrogen) atoms. The molecule has 0 fully saturated rings. The molecule has 1 N–H and O–H groups in total. The van der Waals surface area contributed by atoms with Crippen LogP contribution < -0.4 is 5.32 Å². The molecule has 0 aliphatic heterocycles. The molecular weight excluding hydrogens is 424 g/mol. The van der Waals surface area contributed by atoms with E-state index in [-0.39, 0.29) is 13.2 Å². The lowest BCUT2D eigenvalue weighted by atomic mass is 9.91. The summed E-state index contributed by atoms with van der Waals surface area (Å²) in [4.78, 5) is 23.1. The van der Waals surface area contributed by atoms with Crippen molar-refractivity contribution >= 4 is 31.7 Å². The molecule has 0 aromatic carbocycles. The van der Waals surface area contributed by atoms with E-state index >= 15 is 0 Å². The summed E-state index contributed by atoms with van der Waals surface area (Å²) in [6.07, 6.45) is -1.19. The van der Waals surface area contributed by atoms with Gasteiger partial charge in [0.15, 0.2) is 30.9 Å². The van der Waals surface area contributed by atoms with Crippen LogP contribution in [-0.4, -0.2) is 71.7 Å². The fourth-order valence-corrected chi connectivity index (χ4v) is 5.41. The third-order valence-electron chi connectivity index (χ3n) is 3.88. The summed E-state index contributed by atoms with van der Waals surface area (Å²) in [6.45, 7) is 3.26. The maximum Gasteiger partial charge on any atom is 0.407 e. The third kappa shape index (κ3) is 9.62. The van der Waals surface area contributed by atoms with Crippen molar-refractivity contribution in [3.05, 3.63) is 0 Å². The van der Waals surface area contributed by atoms with Gasteiger partial charge in [0.2, 0.25) is 0 Å². The number of carbonyl (C=O) groups is 2. The standard InChI is InChI=1S/C15H27F2NO8S2/c1-6-14(2,3)12(19)25-8-7-18-13(20)26-10-15(16,17)9-11(27(4,21)22)28(5,23)24/h11H,6-10H2,1-5H3,(H,18,20). The monoisotopic (exact) mass is 451 g/mol. The highest BCUT2D eigenvalue weighted by Gasteiger charge is 2.43. The second-order valence-corrected chi connectivity index (χ2v) is 11.8. The molecule has 0 aliphatic rings. The van der Waals surface area contributed by atoms with E-state index in [1.807, 2.05) is 0 Å². The Morgan fingerprint density at radius 2 is 1.54 bits per heavy atom. The summed E-state index contributed by atoms with van der Waals surface area (Å²) in [7, 11) is -8.61. The molecule has 9 nitrogen and oxygen atoms in total. The molecule has 166 valence electrons. The average Bonchev–Trinajstić information content (AvgIpc) is 2.52. The average molecular weight is 452 g/mol. The Kier molecular flexibility index (Phi) is 9.28. The second-order valence-electron chi connectivity index (χ2n) is 7.02. The topological polar surface area (TPSA) is 133 Å². The van der Waals surface area contributed by atoms with E-state index in [4.69, 9.17) is 4.74 Å². The van der Waals surface area contributed by atoms with E-state index < -0.39 is 60.7 Å². The van der Waals surface area contributed by atoms with Gasteiger partial charge in [0.1, 0.15) is 6.61 Å². The van der Waals surface area contributed by atoms with Crippen molar-refractivity contribution < 1.29 is 44.7 Å². The minimum Gasteiger partial charge on any atom is -0.463 e. The molecule has 0 heterocycles. The minimum atomic E-state index is -4.31. The van der Waals surface area contributed by atoms with Crippen molar-refractivity contribution in [2.24, 2.45) is 5.41 Å². The van der Waals surface area contributed by atoms with Gasteiger partial charge in [-0.25, -0.2) is 30.4 Å². The Balaban J connectivity index is 4.52. The molecule has 0 bridgehead atoms. The van der Waals surface area contributed by atoms with Crippen LogP contribution in [0.1, 0.15) is 33.6 Å². The van der Waals surface area contributed by atoms with Crippen LogP contribution in [0.5, 0.6) is 0 Å². The van der Waals surface area contributed by atoms with Crippen LogP contribution in [0.4, 0.5) is 13.6 Å². The molecule has 0 atom stereocenters. The number of esters is 1. The molecule has 0 radical (unpaired) electrons. The minimum absolute atomic E-state index is 0.189. The zero-order chi connectivity index (χ0) is 22.4. The summed E-state index contributed by atoms with van der Waals surface area (Å²) < 4.78 is 80.4. The Morgan fingerprint density at radius 1 is 1.04 bits per heavy atom. The third-order valence-corrected chi connectivity index (χ3v) is 8.22. The second kappa shape index (κ2) is 9.81. The Bertz CT molecular complexity index is 731. The van der Waals surface area contributed by atoms with Gasteiger partial charge < -0.3 is 14.8 Å². The van der Waals surface area contributed by atoms with Gasteiger partial charge in [-0.2, -0.15) is 0 Å². The quantitative estimate of drug-likeness (QED) is 0.365. The molecule has 1 amide bonds. The van der Waals surface area contributed by atoms with Crippen molar-refractivity contribution in [2.75, 3.05) is 32.3 Å². The predicted molar refractivity (Wildman–Crippen MR) is 97.4 cm³/mol.